The zero-order chi connectivity index (χ0) is 15.4. The minimum Gasteiger partial charge on any atom is -0.282 e. The lowest BCUT2D eigenvalue weighted by molar-refractivity contribution is 0.0950. The Morgan fingerprint density at radius 2 is 2.00 bits per heavy atom. The van der Waals surface area contributed by atoms with E-state index in [4.69, 9.17) is 0 Å². The van der Waals surface area contributed by atoms with Crippen LogP contribution in [0.15, 0.2) is 39.9 Å². The van der Waals surface area contributed by atoms with E-state index in [0.717, 1.165) is 21.4 Å². The minimum atomic E-state index is -0.324. The molecule has 1 amide bonds. The van der Waals surface area contributed by atoms with Gasteiger partial charge in [-0.2, -0.15) is 10.2 Å². The molecular weight excluding hydrogens is 332 g/mol. The number of H-pyrrole nitrogens is 1. The van der Waals surface area contributed by atoms with Crippen molar-refractivity contribution in [2.45, 2.75) is 26.7 Å². The summed E-state index contributed by atoms with van der Waals surface area (Å²) in [4.78, 5) is 12.0. The molecule has 0 fully saturated rings. The van der Waals surface area contributed by atoms with E-state index < -0.39 is 0 Å². The molecule has 2 N–H and O–H groups in total. The number of amides is 1. The van der Waals surface area contributed by atoms with Gasteiger partial charge in [0.1, 0.15) is 0 Å². The van der Waals surface area contributed by atoms with Gasteiger partial charge in [0.05, 0.1) is 5.71 Å². The monoisotopic (exact) mass is 348 g/mol. The normalized spacial score (nSPS) is 11.8. The molecule has 0 aliphatic rings. The first-order chi connectivity index (χ1) is 9.97. The van der Waals surface area contributed by atoms with E-state index in [0.29, 0.717) is 11.6 Å². The van der Waals surface area contributed by atoms with Crippen molar-refractivity contribution in [3.63, 3.8) is 0 Å². The highest BCUT2D eigenvalue weighted by molar-refractivity contribution is 9.10. The molecule has 5 nitrogen and oxygen atoms in total. The maximum absolute atomic E-state index is 12.0. The largest absolute Gasteiger partial charge is 0.291 e. The molecule has 0 aliphatic heterocycles. The van der Waals surface area contributed by atoms with Crippen molar-refractivity contribution >= 4 is 27.5 Å². The number of aromatic nitrogens is 2. The van der Waals surface area contributed by atoms with Gasteiger partial charge in [-0.3, -0.25) is 9.89 Å². The first kappa shape index (κ1) is 15.4. The van der Waals surface area contributed by atoms with Crippen LogP contribution in [-0.4, -0.2) is 21.8 Å². The molecule has 110 valence electrons. The molecule has 21 heavy (non-hydrogen) atoms. The summed E-state index contributed by atoms with van der Waals surface area (Å²) in [7, 11) is 0. The number of hydrazone groups is 1. The number of nitrogens with zero attached hydrogens (tertiary/aromatic N) is 2. The van der Waals surface area contributed by atoms with E-state index in [1.165, 1.54) is 0 Å². The lowest BCUT2D eigenvalue weighted by Crippen LogP contribution is -2.19. The average Bonchev–Trinajstić information content (AvgIpc) is 2.95. The first-order valence-electron chi connectivity index (χ1n) is 6.63. The fourth-order valence-electron chi connectivity index (χ4n) is 1.70. The van der Waals surface area contributed by atoms with Crippen molar-refractivity contribution in [2.24, 2.45) is 5.10 Å². The third-order valence-electron chi connectivity index (χ3n) is 3.04. The highest BCUT2D eigenvalue weighted by atomic mass is 79.9. The second-order valence-corrected chi connectivity index (χ2v) is 5.92. The van der Waals surface area contributed by atoms with Crippen LogP contribution in [-0.2, 0) is 0 Å². The topological polar surface area (TPSA) is 70.1 Å². The Morgan fingerprint density at radius 3 is 2.57 bits per heavy atom. The minimum absolute atomic E-state index is 0.298. The van der Waals surface area contributed by atoms with E-state index in [1.807, 2.05) is 45.0 Å². The van der Waals surface area contributed by atoms with E-state index >= 15 is 0 Å². The Hall–Kier alpha value is -1.95. The van der Waals surface area contributed by atoms with Crippen molar-refractivity contribution in [3.05, 3.63) is 51.8 Å². The summed E-state index contributed by atoms with van der Waals surface area (Å²) in [5, 5.41) is 10.9. The van der Waals surface area contributed by atoms with Gasteiger partial charge >= 0.3 is 0 Å². The van der Waals surface area contributed by atoms with Crippen molar-refractivity contribution in [3.8, 4) is 0 Å². The maximum Gasteiger partial charge on any atom is 0.291 e. The summed E-state index contributed by atoms with van der Waals surface area (Å²) in [6.07, 6.45) is 0. The third kappa shape index (κ3) is 4.01. The molecule has 6 heteroatoms. The summed E-state index contributed by atoms with van der Waals surface area (Å²) in [5.74, 6) is -0.0262. The molecule has 2 aromatic rings. The van der Waals surface area contributed by atoms with Crippen LogP contribution >= 0.6 is 15.9 Å². The summed E-state index contributed by atoms with van der Waals surface area (Å²) < 4.78 is 1.00. The van der Waals surface area contributed by atoms with E-state index in [-0.39, 0.29) is 5.91 Å². The highest BCUT2D eigenvalue weighted by Crippen LogP contribution is 2.12. The number of halogens is 1. The number of aromatic amines is 1. The second kappa shape index (κ2) is 6.67. The number of hydrogen-bond donors (Lipinski definition) is 2. The Morgan fingerprint density at radius 1 is 1.33 bits per heavy atom. The van der Waals surface area contributed by atoms with Gasteiger partial charge in [-0.1, -0.05) is 41.9 Å². The van der Waals surface area contributed by atoms with Crippen LogP contribution in [0, 0.1) is 0 Å². The molecular formula is C15H17BrN4O. The number of rotatable bonds is 4. The van der Waals surface area contributed by atoms with Gasteiger partial charge in [0, 0.05) is 10.2 Å². The average molecular weight is 349 g/mol. The summed E-state index contributed by atoms with van der Waals surface area (Å²) >= 11 is 3.38. The van der Waals surface area contributed by atoms with Crippen molar-refractivity contribution in [2.75, 3.05) is 0 Å². The van der Waals surface area contributed by atoms with E-state index in [2.05, 4.69) is 36.7 Å². The van der Waals surface area contributed by atoms with Crippen LogP contribution < -0.4 is 5.43 Å². The van der Waals surface area contributed by atoms with E-state index in [1.54, 1.807) is 6.07 Å². The molecule has 1 aromatic carbocycles. The molecule has 1 aromatic heterocycles. The number of benzene rings is 1. The molecule has 1 heterocycles. The Balaban J connectivity index is 2.05. The molecule has 0 unspecified atom stereocenters. The number of nitrogens with one attached hydrogen (secondary N) is 2. The standard InChI is InChI=1S/C15H17BrN4O/c1-9(2)13-8-14(19-18-13)15(21)20-17-10(3)11-4-6-12(16)7-5-11/h4-9H,1-3H3,(H,18,19)(H,20,21)/b17-10-. The zero-order valence-corrected chi connectivity index (χ0v) is 13.7. The van der Waals surface area contributed by atoms with Gasteiger partial charge < -0.3 is 0 Å². The molecule has 0 saturated carbocycles. The fourth-order valence-corrected chi connectivity index (χ4v) is 1.96. The zero-order valence-electron chi connectivity index (χ0n) is 12.1. The highest BCUT2D eigenvalue weighted by Gasteiger charge is 2.11. The molecule has 0 bridgehead atoms. The van der Waals surface area contributed by atoms with Crippen LogP contribution in [0.2, 0.25) is 0 Å². The molecule has 0 aliphatic carbocycles. The predicted molar refractivity (Wildman–Crippen MR) is 86.5 cm³/mol. The Bertz CT molecular complexity index is 659. The van der Waals surface area contributed by atoms with Gasteiger partial charge in [0.25, 0.3) is 5.91 Å². The van der Waals surface area contributed by atoms with Gasteiger partial charge in [-0.05, 0) is 36.6 Å². The van der Waals surface area contributed by atoms with Crippen LogP contribution in [0.3, 0.4) is 0 Å². The van der Waals surface area contributed by atoms with Gasteiger partial charge in [0.15, 0.2) is 5.69 Å². The van der Waals surface area contributed by atoms with Gasteiger partial charge in [-0.25, -0.2) is 5.43 Å². The van der Waals surface area contributed by atoms with Gasteiger partial charge in [0.2, 0.25) is 0 Å². The molecule has 2 rings (SSSR count). The summed E-state index contributed by atoms with van der Waals surface area (Å²) in [6, 6.07) is 9.46. The van der Waals surface area contributed by atoms with Crippen molar-refractivity contribution < 1.29 is 4.79 Å². The fraction of sp³-hybridized carbons (Fsp3) is 0.267. The summed E-state index contributed by atoms with van der Waals surface area (Å²) in [6.45, 7) is 5.91. The van der Waals surface area contributed by atoms with E-state index in [9.17, 15) is 4.79 Å². The van der Waals surface area contributed by atoms with Crippen molar-refractivity contribution in [1.82, 2.24) is 15.6 Å². The number of carbonyl (C=O) groups is 1. The van der Waals surface area contributed by atoms with Crippen LogP contribution in [0.25, 0.3) is 0 Å². The molecule has 0 saturated heterocycles. The first-order valence-corrected chi connectivity index (χ1v) is 7.42. The number of carbonyl (C=O) groups excluding carboxylic acids is 1. The second-order valence-electron chi connectivity index (χ2n) is 5.01. The van der Waals surface area contributed by atoms with Gasteiger partial charge in [-0.15, -0.1) is 0 Å². The Kier molecular flexibility index (Phi) is 4.90. The lowest BCUT2D eigenvalue weighted by Gasteiger charge is -2.01. The smallest absolute Gasteiger partial charge is 0.282 e. The molecule has 0 spiro atoms. The summed E-state index contributed by atoms with van der Waals surface area (Å²) in [5.41, 5.74) is 5.46. The molecule has 0 atom stereocenters. The molecule has 0 radical (unpaired) electrons. The predicted octanol–water partition coefficient (Wildman–Crippen LogP) is 3.45. The SMILES string of the molecule is C/C(=N/NC(=O)c1cc(C(C)C)[nH]n1)c1ccc(Br)cc1. The van der Waals surface area contributed by atoms with Crippen molar-refractivity contribution in [1.29, 1.82) is 0 Å². The maximum atomic E-state index is 12.0. The van der Waals surface area contributed by atoms with Crippen LogP contribution in [0.5, 0.6) is 0 Å². The lowest BCUT2D eigenvalue weighted by atomic mass is 10.1. The Labute approximate surface area is 132 Å². The van der Waals surface area contributed by atoms with Crippen LogP contribution in [0.4, 0.5) is 0 Å². The van der Waals surface area contributed by atoms with Crippen LogP contribution in [0.1, 0.15) is 48.4 Å². The quantitative estimate of drug-likeness (QED) is 0.656. The number of hydrogen-bond acceptors (Lipinski definition) is 3. The third-order valence-corrected chi connectivity index (χ3v) is 3.57.